The van der Waals surface area contributed by atoms with Crippen LogP contribution in [0.1, 0.15) is 38.4 Å². The number of nitrogens with one attached hydrogen (secondary N) is 1. The molecule has 220 valence electrons. The first-order valence-electron chi connectivity index (χ1n) is 14.1. The SMILES string of the molecule is COc1ccc(C(=O)NC2CCI(N(Cc3cccc(-c4ccncc4)c3)C(=O)c3sc4ccccc4c3Cl)CC2)cc1. The third kappa shape index (κ3) is 6.71. The van der Waals surface area contributed by atoms with Crippen LogP contribution in [0.3, 0.4) is 0 Å². The van der Waals surface area contributed by atoms with E-state index in [-0.39, 0.29) is 17.9 Å². The first-order chi connectivity index (χ1) is 21.0. The van der Waals surface area contributed by atoms with Crippen LogP contribution < -0.4 is 10.1 Å². The Bertz CT molecular complexity index is 1740. The molecule has 2 amide bonds. The molecule has 5 aromatic rings. The molecular formula is C34H31ClIN3O3S. The number of carbonyl (C=O) groups is 2. The van der Waals surface area contributed by atoms with E-state index in [9.17, 15) is 9.59 Å². The first-order valence-corrected chi connectivity index (χ1v) is 19.3. The summed E-state index contributed by atoms with van der Waals surface area (Å²) in [5.74, 6) is 0.665. The molecule has 2 aromatic heterocycles. The number of nitrogens with zero attached hydrogens (tertiary/aromatic N) is 2. The Labute approximate surface area is 267 Å². The monoisotopic (exact) mass is 723 g/mol. The van der Waals surface area contributed by atoms with Gasteiger partial charge < -0.3 is 0 Å². The molecule has 3 heterocycles. The zero-order valence-corrected chi connectivity index (χ0v) is 27.4. The summed E-state index contributed by atoms with van der Waals surface area (Å²) in [5.41, 5.74) is 3.90. The van der Waals surface area contributed by atoms with Crippen molar-refractivity contribution in [2.75, 3.05) is 16.0 Å². The van der Waals surface area contributed by atoms with E-state index in [0.717, 1.165) is 54.2 Å². The molecule has 1 aliphatic rings. The van der Waals surface area contributed by atoms with Crippen molar-refractivity contribution in [1.29, 1.82) is 0 Å². The number of thiophene rings is 1. The summed E-state index contributed by atoms with van der Waals surface area (Å²) < 4.78 is 10.3. The summed E-state index contributed by atoms with van der Waals surface area (Å²) in [6.45, 7) is 0.538. The van der Waals surface area contributed by atoms with Crippen molar-refractivity contribution in [3.63, 3.8) is 0 Å². The van der Waals surface area contributed by atoms with Crippen LogP contribution in [0.5, 0.6) is 5.75 Å². The van der Waals surface area contributed by atoms with Crippen LogP contribution in [0.15, 0.2) is 97.3 Å². The molecule has 1 N–H and O–H groups in total. The number of rotatable bonds is 8. The minimum atomic E-state index is -1.93. The molecule has 1 saturated heterocycles. The van der Waals surface area contributed by atoms with Gasteiger partial charge in [0, 0.05) is 0 Å². The standard InChI is InChI=1S/C34H31ClIN3O3S/c1-42-28-11-9-25(10-12-28)33(40)38-27-13-17-36(18-14-27)39(34(41)32-31(35)29-7-2-3-8-30(29)43-32)22-23-5-4-6-26(21-23)24-15-19-37-20-16-24/h2-12,15-16,19-21,27H,13-14,17-18,22H2,1H3,(H,38,40). The molecule has 6 rings (SSSR count). The number of alkyl halides is 2. The number of aromatic nitrogens is 1. The second-order valence-corrected chi connectivity index (χ2v) is 17.5. The van der Waals surface area contributed by atoms with Gasteiger partial charge in [0.2, 0.25) is 0 Å². The number of fused-ring (bicyclic) bond motifs is 1. The van der Waals surface area contributed by atoms with Gasteiger partial charge in [0.25, 0.3) is 0 Å². The zero-order valence-electron chi connectivity index (χ0n) is 23.6. The van der Waals surface area contributed by atoms with Gasteiger partial charge in [-0.2, -0.15) is 0 Å². The Balaban J connectivity index is 1.22. The number of methoxy groups -OCH3 is 1. The number of ether oxygens (including phenoxy) is 1. The maximum atomic E-state index is 14.3. The fourth-order valence-corrected chi connectivity index (χ4v) is 13.2. The Kier molecular flexibility index (Phi) is 9.25. The average molecular weight is 724 g/mol. The molecule has 0 spiro atoms. The molecule has 0 radical (unpaired) electrons. The third-order valence-corrected chi connectivity index (χ3v) is 15.4. The second-order valence-electron chi connectivity index (χ2n) is 10.3. The third-order valence-electron chi connectivity index (χ3n) is 7.54. The number of hydrogen-bond acceptors (Lipinski definition) is 5. The van der Waals surface area contributed by atoms with Gasteiger partial charge in [-0.25, -0.2) is 0 Å². The molecule has 1 fully saturated rings. The van der Waals surface area contributed by atoms with Gasteiger partial charge >= 0.3 is 269 Å². The van der Waals surface area contributed by atoms with Gasteiger partial charge in [-0.15, -0.1) is 0 Å². The Morgan fingerprint density at radius 1 is 0.977 bits per heavy atom. The van der Waals surface area contributed by atoms with E-state index < -0.39 is 20.1 Å². The Hall–Kier alpha value is -3.47. The summed E-state index contributed by atoms with van der Waals surface area (Å²) >= 11 is 6.36. The van der Waals surface area contributed by atoms with Crippen LogP contribution in [-0.4, -0.2) is 41.9 Å². The van der Waals surface area contributed by atoms with Gasteiger partial charge in [0.1, 0.15) is 0 Å². The predicted octanol–water partition coefficient (Wildman–Crippen LogP) is 8.28. The van der Waals surface area contributed by atoms with E-state index in [0.29, 0.717) is 22.0 Å². The van der Waals surface area contributed by atoms with Crippen LogP contribution >= 0.6 is 43.0 Å². The Morgan fingerprint density at radius 2 is 1.72 bits per heavy atom. The van der Waals surface area contributed by atoms with Crippen molar-refractivity contribution in [2.24, 2.45) is 0 Å². The summed E-state index contributed by atoms with van der Waals surface area (Å²) in [5, 5.41) is 4.68. The normalized spacial score (nSPS) is 14.4. The van der Waals surface area contributed by atoms with Crippen LogP contribution in [-0.2, 0) is 6.54 Å². The molecule has 43 heavy (non-hydrogen) atoms. The summed E-state index contributed by atoms with van der Waals surface area (Å²) in [6, 6.07) is 27.6. The summed E-state index contributed by atoms with van der Waals surface area (Å²) in [4.78, 5) is 32.0. The van der Waals surface area contributed by atoms with Crippen LogP contribution in [0.4, 0.5) is 0 Å². The van der Waals surface area contributed by atoms with Gasteiger partial charge in [-0.3, -0.25) is 0 Å². The van der Waals surface area contributed by atoms with Gasteiger partial charge in [0.05, 0.1) is 0 Å². The molecular weight excluding hydrogens is 693 g/mol. The van der Waals surface area contributed by atoms with Gasteiger partial charge in [-0.05, 0) is 0 Å². The first kappa shape index (κ1) is 29.6. The van der Waals surface area contributed by atoms with Crippen molar-refractivity contribution in [3.8, 4) is 16.9 Å². The fourth-order valence-electron chi connectivity index (χ4n) is 5.19. The fraction of sp³-hybridized carbons (Fsp3) is 0.206. The van der Waals surface area contributed by atoms with Crippen LogP contribution in [0.2, 0.25) is 5.02 Å². The number of halogens is 2. The molecule has 0 unspecified atom stereocenters. The molecule has 0 aliphatic carbocycles. The average Bonchev–Trinajstić information content (AvgIpc) is 3.40. The summed E-state index contributed by atoms with van der Waals surface area (Å²) in [6.07, 6.45) is 5.30. The molecule has 0 atom stereocenters. The zero-order chi connectivity index (χ0) is 29.8. The number of hydrogen-bond donors (Lipinski definition) is 1. The number of pyridine rings is 1. The molecule has 6 nitrogen and oxygen atoms in total. The van der Waals surface area contributed by atoms with E-state index in [2.05, 4.69) is 37.7 Å². The number of benzene rings is 3. The van der Waals surface area contributed by atoms with Crippen molar-refractivity contribution in [1.82, 2.24) is 13.4 Å². The molecule has 9 heteroatoms. The van der Waals surface area contributed by atoms with Crippen molar-refractivity contribution >= 4 is 64.9 Å². The van der Waals surface area contributed by atoms with E-state index in [1.807, 2.05) is 36.4 Å². The van der Waals surface area contributed by atoms with Gasteiger partial charge in [0.15, 0.2) is 0 Å². The molecule has 3 aromatic carbocycles. The minimum absolute atomic E-state index is 0.0198. The maximum absolute atomic E-state index is 14.3. The number of amides is 2. The van der Waals surface area contributed by atoms with Gasteiger partial charge in [-0.1, -0.05) is 0 Å². The topological polar surface area (TPSA) is 71.5 Å². The second kappa shape index (κ2) is 13.4. The van der Waals surface area contributed by atoms with E-state index in [1.165, 1.54) is 11.3 Å². The van der Waals surface area contributed by atoms with E-state index in [4.69, 9.17) is 16.3 Å². The van der Waals surface area contributed by atoms with Crippen molar-refractivity contribution in [3.05, 3.63) is 118 Å². The quantitative estimate of drug-likeness (QED) is 0.0995. The van der Waals surface area contributed by atoms with Crippen LogP contribution in [0.25, 0.3) is 21.2 Å². The van der Waals surface area contributed by atoms with Crippen molar-refractivity contribution in [2.45, 2.75) is 25.4 Å². The Morgan fingerprint density at radius 3 is 2.44 bits per heavy atom. The van der Waals surface area contributed by atoms with Crippen LogP contribution in [0, 0.1) is 0 Å². The predicted molar refractivity (Wildman–Crippen MR) is 184 cm³/mol. The summed E-state index contributed by atoms with van der Waals surface area (Å²) in [7, 11) is 1.61. The molecule has 0 bridgehead atoms. The molecule has 0 saturated carbocycles. The number of carbonyl (C=O) groups excluding carboxylic acids is 2. The van der Waals surface area contributed by atoms with Crippen molar-refractivity contribution < 1.29 is 14.3 Å². The molecule has 1 aliphatic heterocycles. The van der Waals surface area contributed by atoms with E-state index in [1.54, 1.807) is 43.8 Å². The van der Waals surface area contributed by atoms with E-state index >= 15 is 0 Å².